The van der Waals surface area contributed by atoms with E-state index in [2.05, 4.69) is 30.7 Å². The molecule has 32 heavy (non-hydrogen) atoms. The maximum absolute atomic E-state index is 14.0. The predicted molar refractivity (Wildman–Crippen MR) is 113 cm³/mol. The van der Waals surface area contributed by atoms with Crippen molar-refractivity contribution in [3.63, 3.8) is 0 Å². The van der Waals surface area contributed by atoms with Crippen molar-refractivity contribution in [2.45, 2.75) is 19.8 Å². The number of aromatic nitrogens is 5. The van der Waals surface area contributed by atoms with Crippen LogP contribution < -0.4 is 15.4 Å². The van der Waals surface area contributed by atoms with E-state index in [-0.39, 0.29) is 36.6 Å². The number of ether oxygens (including phenoxy) is 2. The number of halogens is 2. The number of pyridine rings is 1. The van der Waals surface area contributed by atoms with Crippen molar-refractivity contribution >= 4 is 23.2 Å². The quantitative estimate of drug-likeness (QED) is 0.481. The van der Waals surface area contributed by atoms with Gasteiger partial charge in [-0.3, -0.25) is 9.48 Å². The standard InChI is InChI=1S/C20H23F2N7O3/c1-12(30)24-16-9-15(13(11-23-16)14-5-6-29(3)28-14)25-17-10-18(32-8-7-31-4)27-19(26-17)20(2,21)22/h5-6,9-11H,7-8H2,1-4H3,(H2,23,24,25,26,27,30). The molecule has 0 aromatic carbocycles. The Morgan fingerprint density at radius 1 is 1.22 bits per heavy atom. The highest BCUT2D eigenvalue weighted by molar-refractivity contribution is 5.89. The maximum Gasteiger partial charge on any atom is 0.304 e. The normalized spacial score (nSPS) is 11.3. The van der Waals surface area contributed by atoms with Gasteiger partial charge in [-0.15, -0.1) is 0 Å². The number of amides is 1. The first kappa shape index (κ1) is 23.0. The molecule has 0 saturated carbocycles. The summed E-state index contributed by atoms with van der Waals surface area (Å²) in [5.74, 6) is -4.00. The molecule has 3 aromatic heterocycles. The van der Waals surface area contributed by atoms with Crippen LogP contribution in [0.1, 0.15) is 19.7 Å². The number of hydrogen-bond donors (Lipinski definition) is 2. The van der Waals surface area contributed by atoms with Gasteiger partial charge in [0, 0.05) is 58.1 Å². The number of carbonyl (C=O) groups is 1. The zero-order valence-electron chi connectivity index (χ0n) is 18.0. The van der Waals surface area contributed by atoms with E-state index in [9.17, 15) is 13.6 Å². The van der Waals surface area contributed by atoms with Gasteiger partial charge in [-0.25, -0.2) is 9.97 Å². The molecule has 10 nitrogen and oxygen atoms in total. The maximum atomic E-state index is 14.0. The first-order chi connectivity index (χ1) is 15.2. The summed E-state index contributed by atoms with van der Waals surface area (Å²) in [6, 6.07) is 4.72. The van der Waals surface area contributed by atoms with Crippen LogP contribution >= 0.6 is 0 Å². The predicted octanol–water partition coefficient (Wildman–Crippen LogP) is 3.11. The molecule has 0 aliphatic carbocycles. The second kappa shape index (κ2) is 9.64. The van der Waals surface area contributed by atoms with E-state index in [0.717, 1.165) is 0 Å². The number of aryl methyl sites for hydroxylation is 1. The van der Waals surface area contributed by atoms with Crippen LogP contribution in [0.2, 0.25) is 0 Å². The molecule has 0 bridgehead atoms. The van der Waals surface area contributed by atoms with E-state index in [4.69, 9.17) is 9.47 Å². The third kappa shape index (κ3) is 5.94. The molecule has 0 fully saturated rings. The lowest BCUT2D eigenvalue weighted by Crippen LogP contribution is -2.16. The van der Waals surface area contributed by atoms with Crippen LogP contribution in [0.3, 0.4) is 0 Å². The molecule has 3 aromatic rings. The Morgan fingerprint density at radius 2 is 2.00 bits per heavy atom. The molecule has 0 atom stereocenters. The number of hydrogen-bond acceptors (Lipinski definition) is 8. The first-order valence-corrected chi connectivity index (χ1v) is 9.59. The highest BCUT2D eigenvalue weighted by Crippen LogP contribution is 2.32. The minimum atomic E-state index is -3.29. The molecule has 0 unspecified atom stereocenters. The summed E-state index contributed by atoms with van der Waals surface area (Å²) in [6.07, 6.45) is 3.27. The van der Waals surface area contributed by atoms with Crippen molar-refractivity contribution in [1.29, 1.82) is 0 Å². The van der Waals surface area contributed by atoms with Gasteiger partial charge in [0.05, 0.1) is 18.0 Å². The van der Waals surface area contributed by atoms with Gasteiger partial charge in [-0.05, 0) is 6.07 Å². The molecule has 1 amide bonds. The van der Waals surface area contributed by atoms with Gasteiger partial charge in [-0.1, -0.05) is 0 Å². The molecule has 0 spiro atoms. The number of nitrogens with zero attached hydrogens (tertiary/aromatic N) is 5. The molecular formula is C20H23F2N7O3. The number of rotatable bonds is 9. The minimum Gasteiger partial charge on any atom is -0.475 e. The van der Waals surface area contributed by atoms with E-state index in [1.165, 1.54) is 26.3 Å². The Morgan fingerprint density at radius 3 is 2.62 bits per heavy atom. The van der Waals surface area contributed by atoms with E-state index in [1.54, 1.807) is 30.1 Å². The Balaban J connectivity index is 2.03. The summed E-state index contributed by atoms with van der Waals surface area (Å²) in [5.41, 5.74) is 1.60. The highest BCUT2D eigenvalue weighted by Gasteiger charge is 2.30. The van der Waals surface area contributed by atoms with Crippen LogP contribution in [0.4, 0.5) is 26.1 Å². The van der Waals surface area contributed by atoms with Crippen LogP contribution in [0, 0.1) is 0 Å². The fraction of sp³-hybridized carbons (Fsp3) is 0.350. The lowest BCUT2D eigenvalue weighted by Gasteiger charge is -2.16. The van der Waals surface area contributed by atoms with Crippen molar-refractivity contribution in [1.82, 2.24) is 24.7 Å². The SMILES string of the molecule is COCCOc1cc(Nc2cc(NC(C)=O)ncc2-c2ccn(C)n2)nc(C(C)(F)F)n1. The smallest absolute Gasteiger partial charge is 0.304 e. The fourth-order valence-electron chi connectivity index (χ4n) is 2.70. The molecule has 3 heterocycles. The number of alkyl halides is 2. The zero-order valence-corrected chi connectivity index (χ0v) is 18.0. The number of methoxy groups -OCH3 is 1. The summed E-state index contributed by atoms with van der Waals surface area (Å²) in [6.45, 7) is 2.44. The van der Waals surface area contributed by atoms with Gasteiger partial charge in [-0.2, -0.15) is 18.9 Å². The zero-order chi connectivity index (χ0) is 23.3. The number of carbonyl (C=O) groups excluding carboxylic acids is 1. The van der Waals surface area contributed by atoms with Gasteiger partial charge in [0.15, 0.2) is 0 Å². The third-order valence-electron chi connectivity index (χ3n) is 4.09. The Labute approximate surface area is 183 Å². The average Bonchev–Trinajstić information content (AvgIpc) is 3.13. The molecule has 12 heteroatoms. The lowest BCUT2D eigenvalue weighted by molar-refractivity contribution is -0.114. The lowest BCUT2D eigenvalue weighted by atomic mass is 10.1. The van der Waals surface area contributed by atoms with Crippen LogP contribution in [-0.4, -0.2) is 51.0 Å². The molecular weight excluding hydrogens is 424 g/mol. The fourth-order valence-corrected chi connectivity index (χ4v) is 2.70. The molecule has 0 aliphatic rings. The largest absolute Gasteiger partial charge is 0.475 e. The summed E-state index contributed by atoms with van der Waals surface area (Å²) in [7, 11) is 3.26. The Kier molecular flexibility index (Phi) is 6.93. The average molecular weight is 447 g/mol. The second-order valence-electron chi connectivity index (χ2n) is 6.94. The summed E-state index contributed by atoms with van der Waals surface area (Å²) < 4.78 is 39.9. The van der Waals surface area contributed by atoms with Crippen molar-refractivity contribution in [2.24, 2.45) is 7.05 Å². The Hall–Kier alpha value is -3.67. The highest BCUT2D eigenvalue weighted by atomic mass is 19.3. The van der Waals surface area contributed by atoms with E-state index < -0.39 is 11.7 Å². The summed E-state index contributed by atoms with van der Waals surface area (Å²) >= 11 is 0. The van der Waals surface area contributed by atoms with Crippen molar-refractivity contribution in [3.8, 4) is 17.1 Å². The van der Waals surface area contributed by atoms with Gasteiger partial charge >= 0.3 is 5.92 Å². The topological polar surface area (TPSA) is 116 Å². The number of nitrogens with one attached hydrogen (secondary N) is 2. The van der Waals surface area contributed by atoms with E-state index >= 15 is 0 Å². The monoisotopic (exact) mass is 447 g/mol. The van der Waals surface area contributed by atoms with Crippen LogP contribution in [0.15, 0.2) is 30.6 Å². The third-order valence-corrected chi connectivity index (χ3v) is 4.09. The number of anilines is 3. The minimum absolute atomic E-state index is 0.0356. The molecule has 3 rings (SSSR count). The molecule has 0 radical (unpaired) electrons. The molecule has 0 saturated heterocycles. The van der Waals surface area contributed by atoms with Crippen LogP contribution in [0.25, 0.3) is 11.3 Å². The Bertz CT molecular complexity index is 1100. The second-order valence-corrected chi connectivity index (χ2v) is 6.94. The van der Waals surface area contributed by atoms with E-state index in [0.29, 0.717) is 23.9 Å². The van der Waals surface area contributed by atoms with Gasteiger partial charge < -0.3 is 20.1 Å². The first-order valence-electron chi connectivity index (χ1n) is 9.59. The molecule has 0 aliphatic heterocycles. The summed E-state index contributed by atoms with van der Waals surface area (Å²) in [5, 5.41) is 9.95. The summed E-state index contributed by atoms with van der Waals surface area (Å²) in [4.78, 5) is 23.4. The van der Waals surface area contributed by atoms with Crippen molar-refractivity contribution in [3.05, 3.63) is 36.4 Å². The van der Waals surface area contributed by atoms with Gasteiger partial charge in [0.1, 0.15) is 18.2 Å². The van der Waals surface area contributed by atoms with Gasteiger partial charge in [0.2, 0.25) is 17.6 Å². The van der Waals surface area contributed by atoms with Crippen LogP contribution in [0.5, 0.6) is 5.88 Å². The van der Waals surface area contributed by atoms with E-state index in [1.807, 2.05) is 0 Å². The van der Waals surface area contributed by atoms with Crippen molar-refractivity contribution < 1.29 is 23.0 Å². The van der Waals surface area contributed by atoms with Gasteiger partial charge in [0.25, 0.3) is 0 Å². The molecule has 170 valence electrons. The van der Waals surface area contributed by atoms with Crippen molar-refractivity contribution in [2.75, 3.05) is 31.0 Å². The van der Waals surface area contributed by atoms with Crippen LogP contribution in [-0.2, 0) is 22.5 Å². The molecule has 2 N–H and O–H groups in total.